The van der Waals surface area contributed by atoms with Crippen LogP contribution < -0.4 is 0 Å². The van der Waals surface area contributed by atoms with Crippen LogP contribution in [0.1, 0.15) is 32.3 Å². The number of ether oxygens (including phenoxy) is 3. The number of azide groups is 1. The van der Waals surface area contributed by atoms with Crippen LogP contribution in [-0.4, -0.2) is 53.9 Å². The Labute approximate surface area is 163 Å². The zero-order chi connectivity index (χ0) is 20.1. The maximum absolute atomic E-state index is 12.6. The minimum Gasteiger partial charge on any atom is -0.461 e. The SMILES string of the molecule is CC1(C)O[C@@H]2[C@@H](N=[N+]=[N-])CN(C(=O)CCC(=O)OCc3ccccc3)C[C@@H]2O1. The fraction of sp³-hybridized carbons (Fsp3) is 0.579. The average molecular weight is 388 g/mol. The van der Waals surface area contributed by atoms with Gasteiger partial charge >= 0.3 is 5.97 Å². The van der Waals surface area contributed by atoms with Gasteiger partial charge in [-0.3, -0.25) is 9.59 Å². The number of carbonyl (C=O) groups is 2. The van der Waals surface area contributed by atoms with Crippen LogP contribution in [-0.2, 0) is 30.4 Å². The summed E-state index contributed by atoms with van der Waals surface area (Å²) in [5, 5.41) is 3.77. The van der Waals surface area contributed by atoms with Gasteiger partial charge in [0.05, 0.1) is 18.6 Å². The molecule has 9 heteroatoms. The highest BCUT2D eigenvalue weighted by Gasteiger charge is 2.49. The first-order valence-electron chi connectivity index (χ1n) is 9.25. The lowest BCUT2D eigenvalue weighted by molar-refractivity contribution is -0.148. The van der Waals surface area contributed by atoms with E-state index < -0.39 is 17.8 Å². The van der Waals surface area contributed by atoms with E-state index in [0.717, 1.165) is 5.56 Å². The quantitative estimate of drug-likeness (QED) is 0.321. The molecule has 3 rings (SSSR count). The molecule has 1 aromatic carbocycles. The molecule has 150 valence electrons. The topological polar surface area (TPSA) is 114 Å². The molecule has 0 radical (unpaired) electrons. The van der Waals surface area contributed by atoms with Crippen molar-refractivity contribution in [3.05, 3.63) is 46.3 Å². The highest BCUT2D eigenvalue weighted by molar-refractivity contribution is 5.81. The lowest BCUT2D eigenvalue weighted by atomic mass is 10.00. The second kappa shape index (κ2) is 8.60. The summed E-state index contributed by atoms with van der Waals surface area (Å²) in [6.45, 7) is 4.33. The summed E-state index contributed by atoms with van der Waals surface area (Å²) in [5.41, 5.74) is 9.71. The van der Waals surface area contributed by atoms with Crippen molar-refractivity contribution in [1.29, 1.82) is 0 Å². The molecular weight excluding hydrogens is 364 g/mol. The van der Waals surface area contributed by atoms with E-state index >= 15 is 0 Å². The summed E-state index contributed by atoms with van der Waals surface area (Å²) in [6.07, 6.45) is -0.734. The third kappa shape index (κ3) is 5.01. The van der Waals surface area contributed by atoms with Crippen LogP contribution in [0.4, 0.5) is 0 Å². The number of piperidine rings is 1. The van der Waals surface area contributed by atoms with Gasteiger partial charge in [0.15, 0.2) is 5.79 Å². The maximum atomic E-state index is 12.6. The molecule has 2 saturated heterocycles. The molecule has 28 heavy (non-hydrogen) atoms. The van der Waals surface area contributed by atoms with Crippen LogP contribution in [0.3, 0.4) is 0 Å². The molecule has 9 nitrogen and oxygen atoms in total. The van der Waals surface area contributed by atoms with E-state index in [1.54, 1.807) is 18.7 Å². The minimum absolute atomic E-state index is 0.00863. The van der Waals surface area contributed by atoms with E-state index in [-0.39, 0.29) is 44.1 Å². The van der Waals surface area contributed by atoms with Crippen LogP contribution in [0.5, 0.6) is 0 Å². The first-order chi connectivity index (χ1) is 13.4. The van der Waals surface area contributed by atoms with Gasteiger partial charge in [0.2, 0.25) is 5.91 Å². The van der Waals surface area contributed by atoms with Gasteiger partial charge in [-0.15, -0.1) is 0 Å². The molecule has 0 spiro atoms. The van der Waals surface area contributed by atoms with Crippen molar-refractivity contribution in [2.75, 3.05) is 13.1 Å². The molecular formula is C19H24N4O5. The molecule has 0 aromatic heterocycles. The predicted octanol–water partition coefficient (Wildman–Crippen LogP) is 2.55. The Bertz CT molecular complexity index is 763. The molecule has 3 atom stereocenters. The van der Waals surface area contributed by atoms with Crippen LogP contribution in [0.15, 0.2) is 35.4 Å². The van der Waals surface area contributed by atoms with E-state index in [1.807, 2.05) is 30.3 Å². The number of carbonyl (C=O) groups excluding carboxylic acids is 2. The molecule has 0 unspecified atom stereocenters. The van der Waals surface area contributed by atoms with Crippen molar-refractivity contribution >= 4 is 11.9 Å². The summed E-state index contributed by atoms with van der Waals surface area (Å²) in [5.74, 6) is -1.43. The monoisotopic (exact) mass is 388 g/mol. The van der Waals surface area contributed by atoms with Gasteiger partial charge in [0.1, 0.15) is 12.7 Å². The molecule has 2 heterocycles. The largest absolute Gasteiger partial charge is 0.461 e. The maximum Gasteiger partial charge on any atom is 0.306 e. The summed E-state index contributed by atoms with van der Waals surface area (Å²) in [4.78, 5) is 28.9. The lowest BCUT2D eigenvalue weighted by Gasteiger charge is -2.36. The van der Waals surface area contributed by atoms with Crippen LogP contribution >= 0.6 is 0 Å². The van der Waals surface area contributed by atoms with Crippen molar-refractivity contribution in [2.45, 2.75) is 57.3 Å². The molecule has 2 aliphatic heterocycles. The summed E-state index contributed by atoms with van der Waals surface area (Å²) in [7, 11) is 0. The van der Waals surface area contributed by atoms with Gasteiger partial charge in [0, 0.05) is 24.4 Å². The third-order valence-electron chi connectivity index (χ3n) is 4.75. The lowest BCUT2D eigenvalue weighted by Crippen LogP contribution is -2.55. The highest BCUT2D eigenvalue weighted by atomic mass is 16.8. The zero-order valence-electron chi connectivity index (χ0n) is 16.0. The number of rotatable bonds is 6. The first-order valence-corrected chi connectivity index (χ1v) is 9.25. The Kier molecular flexibility index (Phi) is 6.18. The molecule has 0 N–H and O–H groups in total. The van der Waals surface area contributed by atoms with Gasteiger partial charge in [-0.25, -0.2) is 0 Å². The Balaban J connectivity index is 1.51. The third-order valence-corrected chi connectivity index (χ3v) is 4.75. The Morgan fingerprint density at radius 1 is 1.25 bits per heavy atom. The van der Waals surface area contributed by atoms with Crippen LogP contribution in [0.25, 0.3) is 10.4 Å². The Morgan fingerprint density at radius 3 is 2.71 bits per heavy atom. The van der Waals surface area contributed by atoms with Gasteiger partial charge in [0.25, 0.3) is 0 Å². The molecule has 1 aromatic rings. The number of hydrogen-bond donors (Lipinski definition) is 0. The van der Waals surface area contributed by atoms with Gasteiger partial charge < -0.3 is 19.1 Å². The number of nitrogens with zero attached hydrogens (tertiary/aromatic N) is 4. The highest BCUT2D eigenvalue weighted by Crippen LogP contribution is 2.34. The van der Waals surface area contributed by atoms with E-state index in [4.69, 9.17) is 19.7 Å². The zero-order valence-corrected chi connectivity index (χ0v) is 16.0. The van der Waals surface area contributed by atoms with Crippen molar-refractivity contribution in [1.82, 2.24) is 4.90 Å². The summed E-state index contributed by atoms with van der Waals surface area (Å²) >= 11 is 0. The number of amides is 1. The van der Waals surface area contributed by atoms with Gasteiger partial charge in [-0.05, 0) is 24.9 Å². The number of benzene rings is 1. The van der Waals surface area contributed by atoms with E-state index in [0.29, 0.717) is 6.54 Å². The fourth-order valence-electron chi connectivity index (χ4n) is 3.50. The van der Waals surface area contributed by atoms with Crippen molar-refractivity contribution in [3.63, 3.8) is 0 Å². The molecule has 2 aliphatic rings. The van der Waals surface area contributed by atoms with Gasteiger partial charge in [-0.2, -0.15) is 0 Å². The van der Waals surface area contributed by atoms with Crippen molar-refractivity contribution in [2.24, 2.45) is 5.11 Å². The van der Waals surface area contributed by atoms with E-state index in [2.05, 4.69) is 10.0 Å². The Hall–Kier alpha value is -2.61. The molecule has 0 bridgehead atoms. The second-order valence-electron chi connectivity index (χ2n) is 7.36. The van der Waals surface area contributed by atoms with Crippen molar-refractivity contribution in [3.8, 4) is 0 Å². The normalized spacial score (nSPS) is 25.5. The number of esters is 1. The standard InChI is InChI=1S/C19H24N4O5/c1-19(2)27-15-11-23(10-14(21-22-20)18(15)28-19)16(24)8-9-17(25)26-12-13-6-4-3-5-7-13/h3-7,14-15,18H,8-12H2,1-2H3/t14-,15-,18+/m0/s1. The predicted molar refractivity (Wildman–Crippen MR) is 98.8 cm³/mol. The fourth-order valence-corrected chi connectivity index (χ4v) is 3.50. The van der Waals surface area contributed by atoms with Crippen molar-refractivity contribution < 1.29 is 23.8 Å². The molecule has 2 fully saturated rings. The molecule has 1 amide bonds. The smallest absolute Gasteiger partial charge is 0.306 e. The van der Waals surface area contributed by atoms with Gasteiger partial charge in [-0.1, -0.05) is 35.4 Å². The Morgan fingerprint density at radius 2 is 2.00 bits per heavy atom. The average Bonchev–Trinajstić information content (AvgIpc) is 2.99. The van der Waals surface area contributed by atoms with E-state index in [9.17, 15) is 9.59 Å². The second-order valence-corrected chi connectivity index (χ2v) is 7.36. The number of likely N-dealkylation sites (tertiary alicyclic amines) is 1. The number of hydrogen-bond acceptors (Lipinski definition) is 6. The van der Waals surface area contributed by atoms with E-state index in [1.165, 1.54) is 0 Å². The van der Waals surface area contributed by atoms with Crippen LogP contribution in [0, 0.1) is 0 Å². The number of fused-ring (bicyclic) bond motifs is 1. The minimum atomic E-state index is -0.793. The first kappa shape index (κ1) is 20.1. The van der Waals surface area contributed by atoms with Crippen LogP contribution in [0.2, 0.25) is 0 Å². The molecule has 0 aliphatic carbocycles. The summed E-state index contributed by atoms with van der Waals surface area (Å²) in [6, 6.07) is 8.82. The summed E-state index contributed by atoms with van der Waals surface area (Å²) < 4.78 is 16.9. The molecule has 0 saturated carbocycles.